The first-order chi connectivity index (χ1) is 9.16. The Labute approximate surface area is 123 Å². The summed E-state index contributed by atoms with van der Waals surface area (Å²) in [6.45, 7) is 1.62. The molecule has 0 fully saturated rings. The zero-order chi connectivity index (χ0) is 13.7. The number of nitrogens with zero attached hydrogens (tertiary/aromatic N) is 3. The van der Waals surface area contributed by atoms with Crippen molar-refractivity contribution >= 4 is 23.2 Å². The minimum Gasteiger partial charge on any atom is -0.302 e. The molecule has 0 unspecified atom stereocenters. The van der Waals surface area contributed by atoms with Crippen LogP contribution in [0.1, 0.15) is 11.4 Å². The molecule has 2 aromatic rings. The molecular weight excluding hydrogens is 281 g/mol. The fourth-order valence-electron chi connectivity index (χ4n) is 1.79. The van der Waals surface area contributed by atoms with Crippen molar-refractivity contribution in [2.75, 3.05) is 13.6 Å². The second kappa shape index (κ2) is 6.85. The van der Waals surface area contributed by atoms with E-state index < -0.39 is 0 Å². The van der Waals surface area contributed by atoms with Gasteiger partial charge in [0, 0.05) is 31.9 Å². The van der Waals surface area contributed by atoms with Crippen molar-refractivity contribution < 1.29 is 0 Å². The van der Waals surface area contributed by atoms with Gasteiger partial charge in [-0.2, -0.15) is 0 Å². The third-order valence-electron chi connectivity index (χ3n) is 2.81. The lowest BCUT2D eigenvalue weighted by Gasteiger charge is -2.17. The van der Waals surface area contributed by atoms with Crippen LogP contribution in [0.3, 0.4) is 0 Å². The highest BCUT2D eigenvalue weighted by molar-refractivity contribution is 6.42. The SMILES string of the molecule is CN(CCc1ncccn1)Cc1cccc(Cl)c1Cl. The number of likely N-dealkylation sites (N-methyl/N-ethyl adjacent to an activating group) is 1. The van der Waals surface area contributed by atoms with Crippen molar-refractivity contribution in [3.63, 3.8) is 0 Å². The van der Waals surface area contributed by atoms with Crippen LogP contribution in [-0.2, 0) is 13.0 Å². The Morgan fingerprint density at radius 2 is 1.84 bits per heavy atom. The molecular formula is C14H15Cl2N3. The molecule has 1 aromatic carbocycles. The molecule has 0 saturated carbocycles. The molecule has 19 heavy (non-hydrogen) atoms. The molecule has 0 spiro atoms. The number of halogens is 2. The van der Waals surface area contributed by atoms with E-state index in [0.29, 0.717) is 10.0 Å². The lowest BCUT2D eigenvalue weighted by Crippen LogP contribution is -2.21. The van der Waals surface area contributed by atoms with E-state index >= 15 is 0 Å². The molecule has 5 heteroatoms. The minimum absolute atomic E-state index is 0.596. The maximum Gasteiger partial charge on any atom is 0.129 e. The van der Waals surface area contributed by atoms with Gasteiger partial charge in [0.15, 0.2) is 0 Å². The Morgan fingerprint density at radius 1 is 1.11 bits per heavy atom. The smallest absolute Gasteiger partial charge is 0.129 e. The van der Waals surface area contributed by atoms with E-state index in [1.807, 2.05) is 25.2 Å². The van der Waals surface area contributed by atoms with Gasteiger partial charge in [0.2, 0.25) is 0 Å². The average molecular weight is 296 g/mol. The summed E-state index contributed by atoms with van der Waals surface area (Å²) in [6.07, 6.45) is 4.34. The molecule has 0 saturated heterocycles. The molecule has 1 aromatic heterocycles. The topological polar surface area (TPSA) is 29.0 Å². The first-order valence-electron chi connectivity index (χ1n) is 6.04. The Morgan fingerprint density at radius 3 is 2.58 bits per heavy atom. The number of aromatic nitrogens is 2. The first-order valence-corrected chi connectivity index (χ1v) is 6.79. The molecule has 2 rings (SSSR count). The van der Waals surface area contributed by atoms with Crippen LogP contribution in [0.15, 0.2) is 36.7 Å². The maximum atomic E-state index is 6.17. The normalized spacial score (nSPS) is 10.9. The maximum absolute atomic E-state index is 6.17. The summed E-state index contributed by atoms with van der Waals surface area (Å²) < 4.78 is 0. The molecule has 0 atom stereocenters. The number of hydrogen-bond acceptors (Lipinski definition) is 3. The van der Waals surface area contributed by atoms with Crippen LogP contribution in [0.4, 0.5) is 0 Å². The Hall–Kier alpha value is -1.16. The summed E-state index contributed by atoms with van der Waals surface area (Å²) in [5.41, 5.74) is 1.03. The monoisotopic (exact) mass is 295 g/mol. The Balaban J connectivity index is 1.91. The largest absolute Gasteiger partial charge is 0.302 e. The number of benzene rings is 1. The van der Waals surface area contributed by atoms with Crippen molar-refractivity contribution in [3.8, 4) is 0 Å². The van der Waals surface area contributed by atoms with Crippen LogP contribution in [0, 0.1) is 0 Å². The highest BCUT2D eigenvalue weighted by Crippen LogP contribution is 2.26. The van der Waals surface area contributed by atoms with E-state index in [1.54, 1.807) is 18.5 Å². The highest BCUT2D eigenvalue weighted by atomic mass is 35.5. The van der Waals surface area contributed by atoms with Crippen molar-refractivity contribution in [2.24, 2.45) is 0 Å². The minimum atomic E-state index is 0.596. The third-order valence-corrected chi connectivity index (χ3v) is 3.67. The van der Waals surface area contributed by atoms with Gasteiger partial charge in [0.1, 0.15) is 5.82 Å². The highest BCUT2D eigenvalue weighted by Gasteiger charge is 2.07. The van der Waals surface area contributed by atoms with Crippen molar-refractivity contribution in [2.45, 2.75) is 13.0 Å². The van der Waals surface area contributed by atoms with Crippen molar-refractivity contribution in [1.82, 2.24) is 14.9 Å². The van der Waals surface area contributed by atoms with Gasteiger partial charge in [-0.15, -0.1) is 0 Å². The molecule has 0 radical (unpaired) electrons. The molecule has 0 aliphatic rings. The van der Waals surface area contributed by atoms with Gasteiger partial charge >= 0.3 is 0 Å². The van der Waals surface area contributed by atoms with Gasteiger partial charge in [-0.3, -0.25) is 0 Å². The van der Waals surface area contributed by atoms with Gasteiger partial charge in [-0.1, -0.05) is 35.3 Å². The fourth-order valence-corrected chi connectivity index (χ4v) is 2.17. The lowest BCUT2D eigenvalue weighted by atomic mass is 10.2. The molecule has 0 N–H and O–H groups in total. The Bertz CT molecular complexity index is 531. The van der Waals surface area contributed by atoms with Gasteiger partial charge in [0.25, 0.3) is 0 Å². The summed E-state index contributed by atoms with van der Waals surface area (Å²) in [7, 11) is 2.04. The summed E-state index contributed by atoms with van der Waals surface area (Å²) in [5.74, 6) is 0.853. The van der Waals surface area contributed by atoms with E-state index in [-0.39, 0.29) is 0 Å². The van der Waals surface area contributed by atoms with Gasteiger partial charge in [-0.25, -0.2) is 9.97 Å². The second-order valence-corrected chi connectivity index (χ2v) is 5.15. The average Bonchev–Trinajstić information content (AvgIpc) is 2.43. The molecule has 100 valence electrons. The summed E-state index contributed by atoms with van der Waals surface area (Å²) in [5, 5.41) is 1.23. The van der Waals surface area contributed by atoms with Crippen LogP contribution in [0.5, 0.6) is 0 Å². The summed E-state index contributed by atoms with van der Waals surface area (Å²) in [4.78, 5) is 10.6. The quantitative estimate of drug-likeness (QED) is 0.846. The fraction of sp³-hybridized carbons (Fsp3) is 0.286. The lowest BCUT2D eigenvalue weighted by molar-refractivity contribution is 0.328. The van der Waals surface area contributed by atoms with Gasteiger partial charge in [-0.05, 0) is 24.7 Å². The van der Waals surface area contributed by atoms with Gasteiger partial charge in [0.05, 0.1) is 10.0 Å². The van der Waals surface area contributed by atoms with Crippen molar-refractivity contribution in [1.29, 1.82) is 0 Å². The number of rotatable bonds is 5. The Kier molecular flexibility index (Phi) is 5.14. The zero-order valence-electron chi connectivity index (χ0n) is 10.7. The second-order valence-electron chi connectivity index (χ2n) is 4.37. The summed E-state index contributed by atoms with van der Waals surface area (Å²) >= 11 is 12.2. The molecule has 0 bridgehead atoms. The molecule has 0 amide bonds. The van der Waals surface area contributed by atoms with Crippen LogP contribution < -0.4 is 0 Å². The predicted molar refractivity (Wildman–Crippen MR) is 78.5 cm³/mol. The van der Waals surface area contributed by atoms with E-state index in [1.165, 1.54) is 0 Å². The van der Waals surface area contributed by atoms with E-state index in [4.69, 9.17) is 23.2 Å². The summed E-state index contributed by atoms with van der Waals surface area (Å²) in [6, 6.07) is 7.52. The molecule has 0 aliphatic carbocycles. The van der Waals surface area contributed by atoms with E-state index in [0.717, 1.165) is 30.9 Å². The van der Waals surface area contributed by atoms with Crippen LogP contribution in [0.25, 0.3) is 0 Å². The van der Waals surface area contributed by atoms with Crippen molar-refractivity contribution in [3.05, 3.63) is 58.1 Å². The molecule has 0 aliphatic heterocycles. The van der Waals surface area contributed by atoms with Crippen LogP contribution >= 0.6 is 23.2 Å². The standard InChI is InChI=1S/C14H15Cl2N3/c1-19(9-6-13-17-7-3-8-18-13)10-11-4-2-5-12(15)14(11)16/h2-5,7-8H,6,9-10H2,1H3. The number of hydrogen-bond donors (Lipinski definition) is 0. The zero-order valence-corrected chi connectivity index (χ0v) is 12.2. The van der Waals surface area contributed by atoms with E-state index in [9.17, 15) is 0 Å². The molecule has 1 heterocycles. The van der Waals surface area contributed by atoms with Gasteiger partial charge < -0.3 is 4.90 Å². The third kappa shape index (κ3) is 4.16. The molecule has 3 nitrogen and oxygen atoms in total. The first kappa shape index (κ1) is 14.3. The van der Waals surface area contributed by atoms with Crippen LogP contribution in [0.2, 0.25) is 10.0 Å². The predicted octanol–water partition coefficient (Wildman–Crippen LogP) is 3.46. The van der Waals surface area contributed by atoms with E-state index in [2.05, 4.69) is 14.9 Å². The van der Waals surface area contributed by atoms with Crippen LogP contribution in [-0.4, -0.2) is 28.5 Å².